The molecule has 0 fully saturated rings. The molecule has 0 saturated carbocycles. The average molecular weight is 340 g/mol. The second-order valence-electron chi connectivity index (χ2n) is 4.57. The Balaban J connectivity index is 2.44. The zero-order valence-corrected chi connectivity index (χ0v) is 12.8. The highest BCUT2D eigenvalue weighted by Crippen LogP contribution is 2.27. The molecule has 20 heavy (non-hydrogen) atoms. The summed E-state index contributed by atoms with van der Waals surface area (Å²) in [5, 5.41) is 3.21. The van der Waals surface area contributed by atoms with Crippen LogP contribution >= 0.6 is 15.9 Å². The molecule has 0 spiro atoms. The standard InChI is InChI=1S/C16H16BrF2N/c1-2-10-20-16(11-6-8-12(17)9-7-11)15-13(18)4-3-5-14(15)19/h3-9,16,20H,2,10H2,1H3. The SMILES string of the molecule is CCCNC(c1ccc(Br)cc1)c1c(F)cccc1F. The van der Waals surface area contributed by atoms with E-state index in [1.165, 1.54) is 18.2 Å². The molecule has 1 unspecified atom stereocenters. The van der Waals surface area contributed by atoms with Gasteiger partial charge in [-0.3, -0.25) is 0 Å². The minimum atomic E-state index is -0.526. The van der Waals surface area contributed by atoms with Gasteiger partial charge in [-0.15, -0.1) is 0 Å². The average Bonchev–Trinajstić information content (AvgIpc) is 2.43. The topological polar surface area (TPSA) is 12.0 Å². The highest BCUT2D eigenvalue weighted by molar-refractivity contribution is 9.10. The summed E-state index contributed by atoms with van der Waals surface area (Å²) in [6.45, 7) is 2.71. The lowest BCUT2D eigenvalue weighted by molar-refractivity contribution is 0.503. The van der Waals surface area contributed by atoms with Gasteiger partial charge in [0.2, 0.25) is 0 Å². The van der Waals surface area contributed by atoms with Crippen molar-refractivity contribution < 1.29 is 8.78 Å². The van der Waals surface area contributed by atoms with E-state index in [-0.39, 0.29) is 5.56 Å². The quantitative estimate of drug-likeness (QED) is 0.823. The normalized spacial score (nSPS) is 12.4. The Bertz CT molecular complexity index is 549. The second kappa shape index (κ2) is 6.95. The van der Waals surface area contributed by atoms with Crippen molar-refractivity contribution in [2.45, 2.75) is 19.4 Å². The summed E-state index contributed by atoms with van der Waals surface area (Å²) in [5.74, 6) is -1.05. The summed E-state index contributed by atoms with van der Waals surface area (Å²) in [6.07, 6.45) is 0.892. The zero-order valence-electron chi connectivity index (χ0n) is 11.2. The highest BCUT2D eigenvalue weighted by atomic mass is 79.9. The Kier molecular flexibility index (Phi) is 5.26. The molecule has 0 radical (unpaired) electrons. The number of hydrogen-bond acceptors (Lipinski definition) is 1. The van der Waals surface area contributed by atoms with Crippen molar-refractivity contribution in [1.29, 1.82) is 0 Å². The highest BCUT2D eigenvalue weighted by Gasteiger charge is 2.21. The van der Waals surface area contributed by atoms with Crippen LogP contribution in [-0.2, 0) is 0 Å². The third-order valence-corrected chi connectivity index (χ3v) is 3.62. The van der Waals surface area contributed by atoms with E-state index in [1.54, 1.807) is 0 Å². The number of rotatable bonds is 5. The Morgan fingerprint density at radius 1 is 1.05 bits per heavy atom. The number of halogens is 3. The van der Waals surface area contributed by atoms with Crippen LogP contribution in [0.5, 0.6) is 0 Å². The van der Waals surface area contributed by atoms with Gasteiger partial charge in [-0.1, -0.05) is 41.1 Å². The van der Waals surface area contributed by atoms with Crippen molar-refractivity contribution in [3.8, 4) is 0 Å². The van der Waals surface area contributed by atoms with E-state index in [0.717, 1.165) is 16.5 Å². The molecule has 0 aliphatic rings. The van der Waals surface area contributed by atoms with Gasteiger partial charge in [0.1, 0.15) is 11.6 Å². The van der Waals surface area contributed by atoms with E-state index in [9.17, 15) is 8.78 Å². The third-order valence-electron chi connectivity index (χ3n) is 3.09. The van der Waals surface area contributed by atoms with Crippen LogP contribution in [0.1, 0.15) is 30.5 Å². The summed E-state index contributed by atoms with van der Waals surface area (Å²) >= 11 is 3.36. The fourth-order valence-corrected chi connectivity index (χ4v) is 2.38. The van der Waals surface area contributed by atoms with E-state index < -0.39 is 17.7 Å². The molecule has 106 valence electrons. The van der Waals surface area contributed by atoms with Gasteiger partial charge in [-0.25, -0.2) is 8.78 Å². The molecule has 2 aromatic rings. The van der Waals surface area contributed by atoms with Gasteiger partial charge in [0.05, 0.1) is 6.04 Å². The lowest BCUT2D eigenvalue weighted by Gasteiger charge is -2.20. The monoisotopic (exact) mass is 339 g/mol. The molecule has 1 N–H and O–H groups in total. The largest absolute Gasteiger partial charge is 0.306 e. The molecule has 0 amide bonds. The summed E-state index contributed by atoms with van der Waals surface area (Å²) in [6, 6.07) is 10.9. The van der Waals surface area contributed by atoms with Gasteiger partial charge < -0.3 is 5.32 Å². The predicted octanol–water partition coefficient (Wildman–Crippen LogP) is 4.82. The molecule has 2 rings (SSSR count). The van der Waals surface area contributed by atoms with E-state index in [1.807, 2.05) is 31.2 Å². The Hall–Kier alpha value is -1.26. The van der Waals surface area contributed by atoms with Crippen LogP contribution in [0.25, 0.3) is 0 Å². The zero-order chi connectivity index (χ0) is 14.5. The molecule has 0 aliphatic carbocycles. The predicted molar refractivity (Wildman–Crippen MR) is 80.6 cm³/mol. The minimum Gasteiger partial charge on any atom is -0.306 e. The molecule has 0 bridgehead atoms. The minimum absolute atomic E-state index is 0.0725. The lowest BCUT2D eigenvalue weighted by atomic mass is 9.97. The number of nitrogens with one attached hydrogen (secondary N) is 1. The van der Waals surface area contributed by atoms with Crippen molar-refractivity contribution in [1.82, 2.24) is 5.32 Å². The van der Waals surface area contributed by atoms with Gasteiger partial charge in [0.15, 0.2) is 0 Å². The van der Waals surface area contributed by atoms with Crippen LogP contribution in [-0.4, -0.2) is 6.54 Å². The van der Waals surface area contributed by atoms with Crippen LogP contribution in [0.2, 0.25) is 0 Å². The lowest BCUT2D eigenvalue weighted by Crippen LogP contribution is -2.25. The fourth-order valence-electron chi connectivity index (χ4n) is 2.12. The van der Waals surface area contributed by atoms with Gasteiger partial charge in [-0.05, 0) is 42.8 Å². The van der Waals surface area contributed by atoms with Crippen LogP contribution in [0.15, 0.2) is 46.9 Å². The van der Waals surface area contributed by atoms with Crippen molar-refractivity contribution in [3.63, 3.8) is 0 Å². The van der Waals surface area contributed by atoms with E-state index >= 15 is 0 Å². The van der Waals surface area contributed by atoms with Crippen molar-refractivity contribution in [2.75, 3.05) is 6.54 Å². The molecule has 0 aliphatic heterocycles. The van der Waals surface area contributed by atoms with E-state index in [4.69, 9.17) is 0 Å². The first-order valence-corrected chi connectivity index (χ1v) is 7.35. The van der Waals surface area contributed by atoms with Crippen LogP contribution in [0, 0.1) is 11.6 Å². The van der Waals surface area contributed by atoms with Crippen molar-refractivity contribution >= 4 is 15.9 Å². The van der Waals surface area contributed by atoms with E-state index in [2.05, 4.69) is 21.2 Å². The molecule has 1 nitrogen and oxygen atoms in total. The fraction of sp³-hybridized carbons (Fsp3) is 0.250. The molecular weight excluding hydrogens is 324 g/mol. The maximum atomic E-state index is 14.0. The maximum Gasteiger partial charge on any atom is 0.131 e. The molecule has 4 heteroatoms. The van der Waals surface area contributed by atoms with Gasteiger partial charge in [-0.2, -0.15) is 0 Å². The third kappa shape index (κ3) is 3.44. The summed E-state index contributed by atoms with van der Waals surface area (Å²) < 4.78 is 28.9. The van der Waals surface area contributed by atoms with Gasteiger partial charge in [0.25, 0.3) is 0 Å². The van der Waals surface area contributed by atoms with Crippen LogP contribution in [0.4, 0.5) is 8.78 Å². The molecule has 0 saturated heterocycles. The smallest absolute Gasteiger partial charge is 0.131 e. The Morgan fingerprint density at radius 2 is 1.65 bits per heavy atom. The number of benzene rings is 2. The van der Waals surface area contributed by atoms with Crippen LogP contribution < -0.4 is 5.32 Å². The maximum absolute atomic E-state index is 14.0. The van der Waals surface area contributed by atoms with Crippen molar-refractivity contribution in [3.05, 3.63) is 69.7 Å². The Morgan fingerprint density at radius 3 is 2.20 bits per heavy atom. The first-order valence-electron chi connectivity index (χ1n) is 6.56. The van der Waals surface area contributed by atoms with Crippen LogP contribution in [0.3, 0.4) is 0 Å². The first kappa shape index (κ1) is 15.1. The number of hydrogen-bond donors (Lipinski definition) is 1. The molecule has 0 aromatic heterocycles. The molecule has 0 heterocycles. The first-order chi connectivity index (χ1) is 9.63. The van der Waals surface area contributed by atoms with E-state index in [0.29, 0.717) is 6.54 Å². The molecular formula is C16H16BrF2N. The summed E-state index contributed by atoms with van der Waals surface area (Å²) in [5.41, 5.74) is 0.911. The van der Waals surface area contributed by atoms with Crippen molar-refractivity contribution in [2.24, 2.45) is 0 Å². The summed E-state index contributed by atoms with van der Waals surface area (Å²) in [7, 11) is 0. The summed E-state index contributed by atoms with van der Waals surface area (Å²) in [4.78, 5) is 0. The molecule has 1 atom stereocenters. The van der Waals surface area contributed by atoms with Gasteiger partial charge in [0, 0.05) is 10.0 Å². The molecule has 2 aromatic carbocycles. The second-order valence-corrected chi connectivity index (χ2v) is 5.49. The Labute approximate surface area is 126 Å². The van der Waals surface area contributed by atoms with Gasteiger partial charge >= 0.3 is 0 Å².